The van der Waals surface area contributed by atoms with Crippen LogP contribution < -0.4 is 10.2 Å². The molecule has 2 aliphatic rings. The quantitative estimate of drug-likeness (QED) is 0.702. The van der Waals surface area contributed by atoms with Crippen molar-refractivity contribution in [2.75, 3.05) is 11.9 Å². The average Bonchev–Trinajstić information content (AvgIpc) is 3.65. The minimum Gasteiger partial charge on any atom is -0.392 e. The fraction of sp³-hybridized carbons (Fsp3) is 0.423. The number of benzene rings is 2. The number of hydrogen-bond donors (Lipinski definition) is 2. The van der Waals surface area contributed by atoms with Gasteiger partial charge in [0.15, 0.2) is 0 Å². The van der Waals surface area contributed by atoms with Crippen LogP contribution in [0.3, 0.4) is 0 Å². The highest BCUT2D eigenvalue weighted by Crippen LogP contribution is 2.37. The number of carbonyl (C=O) groups is 2. The van der Waals surface area contributed by atoms with Crippen LogP contribution in [0.15, 0.2) is 59.6 Å². The van der Waals surface area contributed by atoms with Crippen LogP contribution in [-0.2, 0) is 9.59 Å². The Morgan fingerprint density at radius 1 is 1.12 bits per heavy atom. The van der Waals surface area contributed by atoms with E-state index >= 15 is 0 Å². The SMILES string of the molecule is CC(C)CC(C(=O)NC1N=C(c2ccccc2)c2ccccc2N(C)C1=O)[C@@H](O)C1CC1. The Kier molecular flexibility index (Phi) is 6.42. The maximum Gasteiger partial charge on any atom is 0.272 e. The lowest BCUT2D eigenvalue weighted by atomic mass is 9.89. The summed E-state index contributed by atoms with van der Waals surface area (Å²) in [4.78, 5) is 32.9. The van der Waals surface area contributed by atoms with Crippen molar-refractivity contribution in [1.82, 2.24) is 5.32 Å². The molecule has 3 atom stereocenters. The molecule has 2 N–H and O–H groups in total. The number of carbonyl (C=O) groups excluding carboxylic acids is 2. The summed E-state index contributed by atoms with van der Waals surface area (Å²) in [5, 5.41) is 13.6. The molecule has 32 heavy (non-hydrogen) atoms. The second kappa shape index (κ2) is 9.25. The number of likely N-dealkylation sites (N-methyl/N-ethyl adjacent to an activating group) is 1. The molecular formula is C26H31N3O3. The average molecular weight is 434 g/mol. The fourth-order valence-electron chi connectivity index (χ4n) is 4.36. The van der Waals surface area contributed by atoms with Gasteiger partial charge in [0.2, 0.25) is 12.1 Å². The summed E-state index contributed by atoms with van der Waals surface area (Å²) >= 11 is 0. The summed E-state index contributed by atoms with van der Waals surface area (Å²) in [6, 6.07) is 17.3. The van der Waals surface area contributed by atoms with Gasteiger partial charge in [0.05, 0.1) is 23.4 Å². The van der Waals surface area contributed by atoms with Crippen LogP contribution >= 0.6 is 0 Å². The number of benzodiazepines with no additional fused rings is 1. The first kappa shape index (κ1) is 22.2. The zero-order valence-electron chi connectivity index (χ0n) is 18.9. The lowest BCUT2D eigenvalue weighted by molar-refractivity contribution is -0.133. The van der Waals surface area contributed by atoms with E-state index in [1.165, 1.54) is 0 Å². The molecule has 0 saturated heterocycles. The number of anilines is 1. The Balaban J connectivity index is 1.69. The maximum absolute atomic E-state index is 13.3. The van der Waals surface area contributed by atoms with Crippen LogP contribution in [0.5, 0.6) is 0 Å². The van der Waals surface area contributed by atoms with Gasteiger partial charge in [-0.25, -0.2) is 4.99 Å². The van der Waals surface area contributed by atoms with Gasteiger partial charge in [-0.05, 0) is 37.2 Å². The first-order valence-electron chi connectivity index (χ1n) is 11.4. The number of hydrogen-bond acceptors (Lipinski definition) is 4. The molecule has 6 nitrogen and oxygen atoms in total. The molecule has 1 fully saturated rings. The molecule has 6 heteroatoms. The molecule has 1 saturated carbocycles. The molecule has 2 aromatic rings. The van der Waals surface area contributed by atoms with Gasteiger partial charge in [0.25, 0.3) is 5.91 Å². The third-order valence-electron chi connectivity index (χ3n) is 6.25. The summed E-state index contributed by atoms with van der Waals surface area (Å²) in [7, 11) is 1.70. The van der Waals surface area contributed by atoms with Crippen molar-refractivity contribution in [3.8, 4) is 0 Å². The minimum absolute atomic E-state index is 0.171. The smallest absolute Gasteiger partial charge is 0.272 e. The van der Waals surface area contributed by atoms with Gasteiger partial charge in [0, 0.05) is 18.2 Å². The summed E-state index contributed by atoms with van der Waals surface area (Å²) in [5.74, 6) is -0.751. The van der Waals surface area contributed by atoms with Gasteiger partial charge < -0.3 is 15.3 Å². The van der Waals surface area contributed by atoms with E-state index in [9.17, 15) is 14.7 Å². The molecule has 0 bridgehead atoms. The zero-order chi connectivity index (χ0) is 22.8. The monoisotopic (exact) mass is 433 g/mol. The Morgan fingerprint density at radius 2 is 1.78 bits per heavy atom. The van der Waals surface area contributed by atoms with Crippen molar-refractivity contribution in [2.24, 2.45) is 22.7 Å². The number of aliphatic hydroxyl groups excluding tert-OH is 1. The number of nitrogens with zero attached hydrogens (tertiary/aromatic N) is 2. The number of aliphatic hydroxyl groups is 1. The van der Waals surface area contributed by atoms with Crippen molar-refractivity contribution in [1.29, 1.82) is 0 Å². The lowest BCUT2D eigenvalue weighted by Crippen LogP contribution is -2.50. The Bertz CT molecular complexity index is 1010. The van der Waals surface area contributed by atoms with Crippen molar-refractivity contribution in [3.05, 3.63) is 65.7 Å². The summed E-state index contributed by atoms with van der Waals surface area (Å²) < 4.78 is 0. The number of amides is 2. The van der Waals surface area contributed by atoms with Crippen LogP contribution in [0, 0.1) is 17.8 Å². The van der Waals surface area contributed by atoms with Crippen molar-refractivity contribution >= 4 is 23.2 Å². The van der Waals surface area contributed by atoms with E-state index in [0.29, 0.717) is 12.1 Å². The molecule has 2 amide bonds. The van der Waals surface area contributed by atoms with Crippen LogP contribution in [0.4, 0.5) is 5.69 Å². The normalized spacial score (nSPS) is 20.3. The first-order valence-corrected chi connectivity index (χ1v) is 11.4. The topological polar surface area (TPSA) is 82.0 Å². The summed E-state index contributed by atoms with van der Waals surface area (Å²) in [6.45, 7) is 4.07. The van der Waals surface area contributed by atoms with Gasteiger partial charge in [0.1, 0.15) is 0 Å². The predicted octanol–water partition coefficient (Wildman–Crippen LogP) is 3.38. The second-order valence-corrected chi connectivity index (χ2v) is 9.23. The highest BCUT2D eigenvalue weighted by Gasteiger charge is 2.40. The molecule has 1 heterocycles. The van der Waals surface area contributed by atoms with E-state index in [0.717, 1.165) is 29.7 Å². The molecular weight excluding hydrogens is 402 g/mol. The molecule has 4 rings (SSSR count). The van der Waals surface area contributed by atoms with Crippen molar-refractivity contribution in [2.45, 2.75) is 45.4 Å². The molecule has 0 aromatic heterocycles. The molecule has 0 radical (unpaired) electrons. The van der Waals surface area contributed by atoms with E-state index in [2.05, 4.69) is 5.32 Å². The second-order valence-electron chi connectivity index (χ2n) is 9.23. The Morgan fingerprint density at radius 3 is 2.44 bits per heavy atom. The van der Waals surface area contributed by atoms with Gasteiger partial charge in [-0.15, -0.1) is 0 Å². The maximum atomic E-state index is 13.3. The molecule has 2 unspecified atom stereocenters. The van der Waals surface area contributed by atoms with E-state index in [1.54, 1.807) is 11.9 Å². The largest absolute Gasteiger partial charge is 0.392 e. The third-order valence-corrected chi connectivity index (χ3v) is 6.25. The summed E-state index contributed by atoms with van der Waals surface area (Å²) in [6.07, 6.45) is 0.705. The Labute approximate surface area is 189 Å². The van der Waals surface area contributed by atoms with Gasteiger partial charge in [-0.1, -0.05) is 62.4 Å². The van der Waals surface area contributed by atoms with Crippen LogP contribution in [0.2, 0.25) is 0 Å². The van der Waals surface area contributed by atoms with E-state index in [-0.39, 0.29) is 23.7 Å². The minimum atomic E-state index is -1.06. The lowest BCUT2D eigenvalue weighted by Gasteiger charge is -2.26. The molecule has 1 aliphatic heterocycles. The fourth-order valence-corrected chi connectivity index (χ4v) is 4.36. The summed E-state index contributed by atoms with van der Waals surface area (Å²) in [5.41, 5.74) is 3.11. The number of fused-ring (bicyclic) bond motifs is 1. The molecule has 0 spiro atoms. The third kappa shape index (κ3) is 4.60. The van der Waals surface area contributed by atoms with E-state index in [1.807, 2.05) is 68.4 Å². The molecule has 168 valence electrons. The van der Waals surface area contributed by atoms with E-state index < -0.39 is 18.2 Å². The number of aliphatic imine (C=N–C) groups is 1. The predicted molar refractivity (Wildman–Crippen MR) is 126 cm³/mol. The van der Waals surface area contributed by atoms with Gasteiger partial charge >= 0.3 is 0 Å². The highest BCUT2D eigenvalue weighted by atomic mass is 16.3. The van der Waals surface area contributed by atoms with Crippen LogP contribution in [-0.4, -0.2) is 41.9 Å². The first-order chi connectivity index (χ1) is 15.4. The molecule has 2 aromatic carbocycles. The van der Waals surface area contributed by atoms with Crippen molar-refractivity contribution < 1.29 is 14.7 Å². The van der Waals surface area contributed by atoms with Crippen LogP contribution in [0.25, 0.3) is 0 Å². The van der Waals surface area contributed by atoms with Gasteiger partial charge in [-0.3, -0.25) is 9.59 Å². The highest BCUT2D eigenvalue weighted by molar-refractivity contribution is 6.20. The molecule has 1 aliphatic carbocycles. The standard InChI is InChI=1S/C26H31N3O3/c1-16(2)15-20(23(30)18-13-14-18)25(31)28-24-26(32)29(3)21-12-8-7-11-19(21)22(27-24)17-9-5-4-6-10-17/h4-12,16,18,20,23-24,30H,13-15H2,1-3H3,(H,28,31)/t20?,23-,24?/m0/s1. The number of para-hydroxylation sites is 1. The number of rotatable bonds is 7. The van der Waals surface area contributed by atoms with Gasteiger partial charge in [-0.2, -0.15) is 0 Å². The van der Waals surface area contributed by atoms with Crippen LogP contribution in [0.1, 0.15) is 44.2 Å². The number of nitrogens with one attached hydrogen (secondary N) is 1. The van der Waals surface area contributed by atoms with Crippen molar-refractivity contribution in [3.63, 3.8) is 0 Å². The Hall–Kier alpha value is -2.99. The zero-order valence-corrected chi connectivity index (χ0v) is 18.9. The van der Waals surface area contributed by atoms with E-state index in [4.69, 9.17) is 4.99 Å².